The molecule has 2 aromatic rings. The molecule has 1 N–H and O–H groups in total. The third-order valence-corrected chi connectivity index (χ3v) is 6.25. The molecule has 0 bridgehead atoms. The monoisotopic (exact) mass is 375 g/mol. The molecule has 0 aromatic heterocycles. The van der Waals surface area contributed by atoms with Crippen molar-refractivity contribution in [3.8, 4) is 0 Å². The van der Waals surface area contributed by atoms with Gasteiger partial charge >= 0.3 is 15.3 Å². The van der Waals surface area contributed by atoms with Gasteiger partial charge in [-0.25, -0.2) is 4.79 Å². The number of sulfonamides is 1. The van der Waals surface area contributed by atoms with Gasteiger partial charge in [0, 0.05) is 18.6 Å². The van der Waals surface area contributed by atoms with Crippen molar-refractivity contribution in [2.75, 3.05) is 10.9 Å². The Hall–Kier alpha value is -2.38. The second kappa shape index (κ2) is 7.47. The van der Waals surface area contributed by atoms with Gasteiger partial charge in [-0.1, -0.05) is 48.5 Å². The highest BCUT2D eigenvalue weighted by Crippen LogP contribution is 2.36. The van der Waals surface area contributed by atoms with Crippen LogP contribution in [-0.2, 0) is 27.8 Å². The van der Waals surface area contributed by atoms with Gasteiger partial charge in [0.05, 0.1) is 5.69 Å². The maximum absolute atomic E-state index is 12.9. The molecule has 1 heterocycles. The number of aliphatic hydroxyl groups excluding tert-OH is 1. The van der Waals surface area contributed by atoms with Gasteiger partial charge in [-0.05, 0) is 30.5 Å². The van der Waals surface area contributed by atoms with E-state index >= 15 is 0 Å². The lowest BCUT2D eigenvalue weighted by Crippen LogP contribution is -2.50. The molecule has 26 heavy (non-hydrogen) atoms. The van der Waals surface area contributed by atoms with E-state index in [0.717, 1.165) is 9.87 Å². The predicted octanol–water partition coefficient (Wildman–Crippen LogP) is 2.71. The molecule has 0 fully saturated rings. The number of aliphatic hydroxyl groups is 1. The van der Waals surface area contributed by atoms with Gasteiger partial charge in [0.1, 0.15) is 6.61 Å². The van der Waals surface area contributed by atoms with Crippen molar-refractivity contribution in [1.29, 1.82) is 0 Å². The zero-order valence-electron chi connectivity index (χ0n) is 14.4. The maximum Gasteiger partial charge on any atom is 0.445 e. The molecule has 0 amide bonds. The summed E-state index contributed by atoms with van der Waals surface area (Å²) < 4.78 is 32.0. The van der Waals surface area contributed by atoms with Crippen LogP contribution >= 0.6 is 0 Å². The zero-order valence-corrected chi connectivity index (χ0v) is 15.2. The number of anilines is 1. The largest absolute Gasteiger partial charge is 0.448 e. The summed E-state index contributed by atoms with van der Waals surface area (Å²) in [4.78, 5) is 12.4. The molecule has 3 rings (SSSR count). The van der Waals surface area contributed by atoms with Gasteiger partial charge in [-0.15, -0.1) is 0 Å². The minimum atomic E-state index is -4.38. The summed E-state index contributed by atoms with van der Waals surface area (Å²) in [6.07, 6.45) is 0.554. The van der Waals surface area contributed by atoms with E-state index in [1.165, 1.54) is 0 Å². The Bertz CT molecular complexity index is 882. The van der Waals surface area contributed by atoms with E-state index in [1.807, 2.05) is 18.2 Å². The van der Waals surface area contributed by atoms with E-state index in [2.05, 4.69) is 0 Å². The number of nitrogens with zero attached hydrogens (tertiary/aromatic N) is 1. The highest BCUT2D eigenvalue weighted by molar-refractivity contribution is 8.06. The molecule has 7 heteroatoms. The molecule has 0 saturated carbocycles. The van der Waals surface area contributed by atoms with Gasteiger partial charge in [-0.2, -0.15) is 8.42 Å². The van der Waals surface area contributed by atoms with Crippen molar-refractivity contribution in [2.45, 2.75) is 26.0 Å². The predicted molar refractivity (Wildman–Crippen MR) is 98.2 cm³/mol. The fraction of sp³-hybridized carbons (Fsp3) is 0.316. The van der Waals surface area contributed by atoms with Crippen LogP contribution in [-0.4, -0.2) is 31.5 Å². The Morgan fingerprint density at radius 3 is 2.50 bits per heavy atom. The third kappa shape index (κ3) is 3.45. The Morgan fingerprint density at radius 2 is 1.81 bits per heavy atom. The van der Waals surface area contributed by atoms with E-state index in [4.69, 9.17) is 4.74 Å². The Kier molecular flexibility index (Phi) is 5.29. The first-order valence-electron chi connectivity index (χ1n) is 8.39. The molecule has 0 radical (unpaired) electrons. The summed E-state index contributed by atoms with van der Waals surface area (Å²) in [5.74, 6) is -0.290. The van der Waals surface area contributed by atoms with E-state index < -0.39 is 21.4 Å². The van der Waals surface area contributed by atoms with Crippen LogP contribution in [0.4, 0.5) is 10.5 Å². The van der Waals surface area contributed by atoms with E-state index in [1.54, 1.807) is 43.3 Å². The molecular formula is C19H21NO5S. The van der Waals surface area contributed by atoms with Gasteiger partial charge < -0.3 is 9.84 Å². The van der Waals surface area contributed by atoms with E-state index in [-0.39, 0.29) is 19.1 Å². The number of carbonyl (C=O) groups excluding carboxylic acids is 1. The lowest BCUT2D eigenvalue weighted by Gasteiger charge is -2.39. The maximum atomic E-state index is 12.9. The number of carbonyl (C=O) groups is 1. The van der Waals surface area contributed by atoms with Crippen molar-refractivity contribution < 1.29 is 23.1 Å². The molecule has 6 nitrogen and oxygen atoms in total. The van der Waals surface area contributed by atoms with Crippen LogP contribution in [0.25, 0.3) is 0 Å². The van der Waals surface area contributed by atoms with E-state index in [0.29, 0.717) is 17.7 Å². The number of ether oxygens (including phenoxy) is 1. The van der Waals surface area contributed by atoms with Crippen molar-refractivity contribution in [3.05, 3.63) is 65.7 Å². The minimum Gasteiger partial charge on any atom is -0.448 e. The smallest absolute Gasteiger partial charge is 0.445 e. The van der Waals surface area contributed by atoms with Crippen LogP contribution in [0.2, 0.25) is 0 Å². The van der Waals surface area contributed by atoms with Crippen LogP contribution in [0.3, 0.4) is 0 Å². The van der Waals surface area contributed by atoms with Crippen LogP contribution in [0.15, 0.2) is 54.6 Å². The van der Waals surface area contributed by atoms with Crippen LogP contribution in [0.5, 0.6) is 0 Å². The molecule has 0 saturated heterocycles. The van der Waals surface area contributed by atoms with Gasteiger partial charge in [-0.3, -0.25) is 4.31 Å². The van der Waals surface area contributed by atoms with Crippen LogP contribution in [0.1, 0.15) is 18.1 Å². The topological polar surface area (TPSA) is 83.9 Å². The average Bonchev–Trinajstić information content (AvgIpc) is 2.66. The first kappa shape index (κ1) is 18.4. The second-order valence-corrected chi connectivity index (χ2v) is 8.02. The number of para-hydroxylation sites is 1. The van der Waals surface area contributed by atoms with Crippen molar-refractivity contribution in [2.24, 2.45) is 5.92 Å². The lowest BCUT2D eigenvalue weighted by atomic mass is 9.89. The van der Waals surface area contributed by atoms with Crippen LogP contribution < -0.4 is 4.31 Å². The number of fused-ring (bicyclic) bond motifs is 1. The average molecular weight is 375 g/mol. The third-order valence-electron chi connectivity index (χ3n) is 4.67. The molecule has 138 valence electrons. The molecule has 2 atom stereocenters. The Labute approximate surface area is 153 Å². The summed E-state index contributed by atoms with van der Waals surface area (Å²) >= 11 is 0. The SMILES string of the molecule is C[C@@H]1C(CO)Cc2ccccc2N1S(=O)(=O)C(=O)OCc1ccccc1. The fourth-order valence-electron chi connectivity index (χ4n) is 3.20. The summed E-state index contributed by atoms with van der Waals surface area (Å²) in [5.41, 5.74) is 1.95. The summed E-state index contributed by atoms with van der Waals surface area (Å²) in [5, 5.41) is 8.33. The standard InChI is InChI=1S/C19H21NO5S/c1-14-17(12-21)11-16-9-5-6-10-18(16)20(14)26(23,24)19(22)25-13-15-7-3-2-4-8-15/h2-10,14,17,21H,11-13H2,1H3/t14-,17?/m1/s1. The normalized spacial score (nSPS) is 19.7. The summed E-state index contributed by atoms with van der Waals surface area (Å²) in [6, 6.07) is 15.3. The van der Waals surface area contributed by atoms with Gasteiger partial charge in [0.25, 0.3) is 0 Å². The number of benzene rings is 2. The molecular weight excluding hydrogens is 354 g/mol. The minimum absolute atomic E-state index is 0.119. The molecule has 1 aliphatic heterocycles. The number of rotatable bonds is 4. The molecule has 0 aliphatic carbocycles. The Balaban J connectivity index is 1.88. The summed E-state index contributed by atoms with van der Waals surface area (Å²) in [7, 11) is -4.38. The highest BCUT2D eigenvalue weighted by atomic mass is 32.2. The Morgan fingerprint density at radius 1 is 1.15 bits per heavy atom. The highest BCUT2D eigenvalue weighted by Gasteiger charge is 2.42. The first-order valence-corrected chi connectivity index (χ1v) is 9.83. The molecule has 1 unspecified atom stereocenters. The molecule has 0 spiro atoms. The quantitative estimate of drug-likeness (QED) is 0.831. The summed E-state index contributed by atoms with van der Waals surface area (Å²) in [6.45, 7) is 1.41. The zero-order chi connectivity index (χ0) is 18.7. The number of hydrogen-bond donors (Lipinski definition) is 1. The van der Waals surface area contributed by atoms with Gasteiger partial charge in [0.2, 0.25) is 0 Å². The lowest BCUT2D eigenvalue weighted by molar-refractivity contribution is 0.165. The fourth-order valence-corrected chi connectivity index (χ4v) is 4.61. The van der Waals surface area contributed by atoms with Crippen molar-refractivity contribution in [1.82, 2.24) is 0 Å². The second-order valence-electron chi connectivity index (χ2n) is 6.34. The first-order chi connectivity index (χ1) is 12.4. The van der Waals surface area contributed by atoms with Gasteiger partial charge in [0.15, 0.2) is 0 Å². The molecule has 1 aliphatic rings. The van der Waals surface area contributed by atoms with E-state index in [9.17, 15) is 18.3 Å². The number of hydrogen-bond acceptors (Lipinski definition) is 5. The molecule has 2 aromatic carbocycles. The van der Waals surface area contributed by atoms with Crippen molar-refractivity contribution >= 4 is 21.0 Å². The van der Waals surface area contributed by atoms with Crippen molar-refractivity contribution in [3.63, 3.8) is 0 Å². The van der Waals surface area contributed by atoms with Crippen LogP contribution in [0, 0.1) is 5.92 Å².